The smallest absolute Gasteiger partial charge is 0.237 e. The number of likely N-dealkylation sites (tertiary alicyclic amines) is 1. The molecule has 3 rings (SSSR count). The molecule has 1 fully saturated rings. The Morgan fingerprint density at radius 3 is 3.04 bits per heavy atom. The van der Waals surface area contributed by atoms with E-state index in [0.717, 1.165) is 36.0 Å². The van der Waals surface area contributed by atoms with E-state index in [4.69, 9.17) is 11.6 Å². The molecule has 1 atom stereocenters. The highest BCUT2D eigenvalue weighted by molar-refractivity contribution is 6.31. The Balaban J connectivity index is 1.54. The summed E-state index contributed by atoms with van der Waals surface area (Å²) in [5.41, 5.74) is 1.86. The highest BCUT2D eigenvalue weighted by Crippen LogP contribution is 2.24. The molecular weight excluding hydrogens is 312 g/mol. The van der Waals surface area contributed by atoms with Gasteiger partial charge in [-0.05, 0) is 50.7 Å². The molecule has 2 aromatic rings. The zero-order chi connectivity index (χ0) is 16.2. The Labute approximate surface area is 141 Å². The number of benzene rings is 1. The van der Waals surface area contributed by atoms with Gasteiger partial charge < -0.3 is 10.6 Å². The number of fused-ring (bicyclic) bond motifs is 1. The summed E-state index contributed by atoms with van der Waals surface area (Å²) in [6.07, 6.45) is 3.80. The van der Waals surface area contributed by atoms with Gasteiger partial charge in [-0.3, -0.25) is 14.7 Å². The second kappa shape index (κ2) is 7.15. The maximum Gasteiger partial charge on any atom is 0.237 e. The molecule has 0 spiro atoms. The number of amides is 1. The maximum absolute atomic E-state index is 12.1. The number of anilines is 1. The van der Waals surface area contributed by atoms with Gasteiger partial charge in [-0.15, -0.1) is 0 Å². The summed E-state index contributed by atoms with van der Waals surface area (Å²) in [6.45, 7) is 2.27. The molecular formula is C17H21ClN4O. The quantitative estimate of drug-likeness (QED) is 0.826. The molecule has 1 saturated heterocycles. The molecule has 1 aliphatic heterocycles. The van der Waals surface area contributed by atoms with Gasteiger partial charge in [-0.25, -0.2) is 0 Å². The summed E-state index contributed by atoms with van der Waals surface area (Å²) < 4.78 is 0. The number of carbonyl (C=O) groups excluding carboxylic acids is 1. The van der Waals surface area contributed by atoms with Gasteiger partial charge in [0.2, 0.25) is 5.91 Å². The number of hydrogen-bond donors (Lipinski definition) is 2. The maximum atomic E-state index is 12.1. The SMILES string of the molecule is CN1CCC[C@H]1C(=O)NCCNc1ccnc2cc(Cl)ccc12. The molecule has 0 radical (unpaired) electrons. The van der Waals surface area contributed by atoms with Crippen LogP contribution in [0.15, 0.2) is 30.5 Å². The van der Waals surface area contributed by atoms with Crippen LogP contribution in [0.3, 0.4) is 0 Å². The normalized spacial score (nSPS) is 18.3. The predicted octanol–water partition coefficient (Wildman–Crippen LogP) is 2.51. The van der Waals surface area contributed by atoms with Crippen LogP contribution in [0.5, 0.6) is 0 Å². The number of rotatable bonds is 5. The molecule has 23 heavy (non-hydrogen) atoms. The minimum atomic E-state index is 0.0268. The number of hydrogen-bond acceptors (Lipinski definition) is 4. The lowest BCUT2D eigenvalue weighted by Gasteiger charge is -2.18. The fourth-order valence-corrected chi connectivity index (χ4v) is 3.18. The van der Waals surface area contributed by atoms with E-state index in [1.54, 1.807) is 6.20 Å². The first kappa shape index (κ1) is 16.0. The Kier molecular flexibility index (Phi) is 4.98. The van der Waals surface area contributed by atoms with E-state index in [9.17, 15) is 4.79 Å². The van der Waals surface area contributed by atoms with Crippen LogP contribution in [0, 0.1) is 0 Å². The van der Waals surface area contributed by atoms with Crippen molar-refractivity contribution in [3.05, 3.63) is 35.5 Å². The van der Waals surface area contributed by atoms with Gasteiger partial charge in [0.25, 0.3) is 0 Å². The molecule has 0 bridgehead atoms. The Morgan fingerprint density at radius 1 is 1.39 bits per heavy atom. The van der Waals surface area contributed by atoms with Crippen molar-refractivity contribution in [1.29, 1.82) is 0 Å². The van der Waals surface area contributed by atoms with Gasteiger partial charge in [-0.1, -0.05) is 11.6 Å². The van der Waals surface area contributed by atoms with Crippen LogP contribution >= 0.6 is 11.6 Å². The molecule has 0 aliphatic carbocycles. The third-order valence-electron chi connectivity index (χ3n) is 4.27. The number of likely N-dealkylation sites (N-methyl/N-ethyl adjacent to an activating group) is 1. The van der Waals surface area contributed by atoms with Gasteiger partial charge in [0.05, 0.1) is 11.6 Å². The first-order valence-corrected chi connectivity index (χ1v) is 8.29. The van der Waals surface area contributed by atoms with E-state index < -0.39 is 0 Å². The van der Waals surface area contributed by atoms with Gasteiger partial charge in [0, 0.05) is 35.4 Å². The number of carbonyl (C=O) groups is 1. The summed E-state index contributed by atoms with van der Waals surface area (Å²) in [7, 11) is 2.00. The molecule has 1 amide bonds. The molecule has 2 N–H and O–H groups in total. The monoisotopic (exact) mass is 332 g/mol. The van der Waals surface area contributed by atoms with E-state index in [1.165, 1.54) is 0 Å². The zero-order valence-corrected chi connectivity index (χ0v) is 13.9. The lowest BCUT2D eigenvalue weighted by Crippen LogP contribution is -2.42. The molecule has 1 aromatic carbocycles. The summed E-state index contributed by atoms with van der Waals surface area (Å²) in [4.78, 5) is 18.5. The first-order valence-electron chi connectivity index (χ1n) is 7.91. The third-order valence-corrected chi connectivity index (χ3v) is 4.50. The van der Waals surface area contributed by atoms with Crippen LogP contribution in [0.1, 0.15) is 12.8 Å². The lowest BCUT2D eigenvalue weighted by atomic mass is 10.2. The van der Waals surface area contributed by atoms with Crippen LogP contribution in [-0.2, 0) is 4.79 Å². The van der Waals surface area contributed by atoms with Crippen LogP contribution < -0.4 is 10.6 Å². The van der Waals surface area contributed by atoms with E-state index in [0.29, 0.717) is 18.1 Å². The minimum Gasteiger partial charge on any atom is -0.383 e. The highest BCUT2D eigenvalue weighted by atomic mass is 35.5. The van der Waals surface area contributed by atoms with Crippen molar-refractivity contribution in [2.24, 2.45) is 0 Å². The molecule has 6 heteroatoms. The number of aromatic nitrogens is 1. The van der Waals surface area contributed by atoms with Crippen molar-refractivity contribution >= 4 is 34.1 Å². The molecule has 5 nitrogen and oxygen atoms in total. The second-order valence-corrected chi connectivity index (χ2v) is 6.31. The average molecular weight is 333 g/mol. The number of nitrogens with one attached hydrogen (secondary N) is 2. The average Bonchev–Trinajstić information content (AvgIpc) is 2.97. The van der Waals surface area contributed by atoms with Gasteiger partial charge in [0.15, 0.2) is 0 Å². The largest absolute Gasteiger partial charge is 0.383 e. The van der Waals surface area contributed by atoms with E-state index in [1.807, 2.05) is 31.3 Å². The van der Waals surface area contributed by atoms with Crippen molar-refractivity contribution < 1.29 is 4.79 Å². The summed E-state index contributed by atoms with van der Waals surface area (Å²) in [6, 6.07) is 7.62. The second-order valence-electron chi connectivity index (χ2n) is 5.88. The van der Waals surface area contributed by atoms with Crippen LogP contribution in [0.25, 0.3) is 10.9 Å². The van der Waals surface area contributed by atoms with Crippen molar-refractivity contribution in [2.75, 3.05) is 32.0 Å². The molecule has 1 aromatic heterocycles. The lowest BCUT2D eigenvalue weighted by molar-refractivity contribution is -0.124. The summed E-state index contributed by atoms with van der Waals surface area (Å²) in [5, 5.41) is 8.06. The molecule has 0 saturated carbocycles. The molecule has 1 aliphatic rings. The van der Waals surface area contributed by atoms with Crippen LogP contribution in [-0.4, -0.2) is 48.5 Å². The van der Waals surface area contributed by atoms with Crippen LogP contribution in [0.2, 0.25) is 5.02 Å². The van der Waals surface area contributed by atoms with Crippen LogP contribution in [0.4, 0.5) is 5.69 Å². The van der Waals surface area contributed by atoms with Gasteiger partial charge in [-0.2, -0.15) is 0 Å². The van der Waals surface area contributed by atoms with Crippen molar-refractivity contribution in [3.63, 3.8) is 0 Å². The molecule has 122 valence electrons. The van der Waals surface area contributed by atoms with E-state index in [2.05, 4.69) is 20.5 Å². The topological polar surface area (TPSA) is 57.3 Å². The minimum absolute atomic E-state index is 0.0268. The fourth-order valence-electron chi connectivity index (χ4n) is 3.02. The van der Waals surface area contributed by atoms with Gasteiger partial charge in [0.1, 0.15) is 0 Å². The Hall–Kier alpha value is -1.85. The first-order chi connectivity index (χ1) is 11.1. The standard InChI is InChI=1S/C17H21ClN4O/c1-22-10-2-3-16(22)17(23)21-9-8-20-14-6-7-19-15-11-12(18)4-5-13(14)15/h4-7,11,16H,2-3,8-10H2,1H3,(H,19,20)(H,21,23)/t16-/m0/s1. The zero-order valence-electron chi connectivity index (χ0n) is 13.2. The van der Waals surface area contributed by atoms with E-state index in [-0.39, 0.29) is 11.9 Å². The van der Waals surface area contributed by atoms with Crippen molar-refractivity contribution in [1.82, 2.24) is 15.2 Å². The summed E-state index contributed by atoms with van der Waals surface area (Å²) in [5.74, 6) is 0.123. The summed E-state index contributed by atoms with van der Waals surface area (Å²) >= 11 is 5.99. The van der Waals surface area contributed by atoms with Gasteiger partial charge >= 0.3 is 0 Å². The Morgan fingerprint density at radius 2 is 2.26 bits per heavy atom. The third kappa shape index (κ3) is 3.74. The number of pyridine rings is 1. The number of nitrogens with zero attached hydrogens (tertiary/aromatic N) is 2. The van der Waals surface area contributed by atoms with Crippen molar-refractivity contribution in [2.45, 2.75) is 18.9 Å². The molecule has 0 unspecified atom stereocenters. The van der Waals surface area contributed by atoms with Crippen molar-refractivity contribution in [3.8, 4) is 0 Å². The predicted molar refractivity (Wildman–Crippen MR) is 93.9 cm³/mol. The fraction of sp³-hybridized carbons (Fsp3) is 0.412. The highest BCUT2D eigenvalue weighted by Gasteiger charge is 2.27. The Bertz CT molecular complexity index is 706. The van der Waals surface area contributed by atoms with E-state index >= 15 is 0 Å². The number of halogens is 1. The molecule has 2 heterocycles.